The average Bonchev–Trinajstić information content (AvgIpc) is 3.45. The van der Waals surface area contributed by atoms with Crippen molar-refractivity contribution in [3.05, 3.63) is 93.5 Å². The summed E-state index contributed by atoms with van der Waals surface area (Å²) in [6.07, 6.45) is 5.50. The van der Waals surface area contributed by atoms with Gasteiger partial charge in [0.25, 0.3) is 5.56 Å². The van der Waals surface area contributed by atoms with Crippen LogP contribution in [-0.4, -0.2) is 32.1 Å². The first-order valence-corrected chi connectivity index (χ1v) is 10.9. The highest BCUT2D eigenvalue weighted by Gasteiger charge is 2.33. The zero-order chi connectivity index (χ0) is 22.1. The fraction of sp³-hybridized carbons (Fsp3) is 0.250. The SMILES string of the molecule is O=C(Cn1ncc2ccccc2c1=O)N1CCC[C@H]1c1ncc(Cc2cccc(Cl)c2)o1. The van der Waals surface area contributed by atoms with Gasteiger partial charge in [-0.3, -0.25) is 9.59 Å². The molecule has 1 aliphatic heterocycles. The van der Waals surface area contributed by atoms with E-state index in [1.165, 1.54) is 4.68 Å². The van der Waals surface area contributed by atoms with Gasteiger partial charge < -0.3 is 9.32 Å². The molecule has 1 fully saturated rings. The van der Waals surface area contributed by atoms with E-state index in [2.05, 4.69) is 10.1 Å². The molecule has 1 atom stereocenters. The van der Waals surface area contributed by atoms with Crippen molar-refractivity contribution in [3.8, 4) is 0 Å². The second kappa shape index (κ2) is 8.59. The number of carbonyl (C=O) groups excluding carboxylic acids is 1. The summed E-state index contributed by atoms with van der Waals surface area (Å²) in [6.45, 7) is 0.480. The molecule has 4 aromatic rings. The molecule has 3 heterocycles. The Hall–Kier alpha value is -3.45. The van der Waals surface area contributed by atoms with E-state index in [9.17, 15) is 9.59 Å². The van der Waals surface area contributed by atoms with E-state index in [-0.39, 0.29) is 24.1 Å². The Morgan fingerprint density at radius 2 is 2.03 bits per heavy atom. The van der Waals surface area contributed by atoms with E-state index < -0.39 is 0 Å². The lowest BCUT2D eigenvalue weighted by Crippen LogP contribution is -2.37. The normalized spacial score (nSPS) is 16.0. The zero-order valence-corrected chi connectivity index (χ0v) is 18.0. The Labute approximate surface area is 189 Å². The molecule has 0 N–H and O–H groups in total. The Morgan fingerprint density at radius 1 is 1.16 bits per heavy atom. The summed E-state index contributed by atoms with van der Waals surface area (Å²) in [7, 11) is 0. The largest absolute Gasteiger partial charge is 0.443 e. The van der Waals surface area contributed by atoms with Crippen molar-refractivity contribution < 1.29 is 9.21 Å². The number of rotatable bonds is 5. The van der Waals surface area contributed by atoms with Gasteiger partial charge in [0.15, 0.2) is 0 Å². The molecule has 0 aliphatic carbocycles. The molecule has 8 heteroatoms. The minimum absolute atomic E-state index is 0.115. The van der Waals surface area contributed by atoms with Gasteiger partial charge in [0.2, 0.25) is 11.8 Å². The number of amides is 1. The lowest BCUT2D eigenvalue weighted by Gasteiger charge is -2.22. The van der Waals surface area contributed by atoms with Gasteiger partial charge in [-0.05, 0) is 36.6 Å². The molecule has 0 unspecified atom stereocenters. The van der Waals surface area contributed by atoms with Crippen LogP contribution in [0.25, 0.3) is 10.8 Å². The summed E-state index contributed by atoms with van der Waals surface area (Å²) < 4.78 is 7.21. The van der Waals surface area contributed by atoms with Gasteiger partial charge in [0.05, 0.1) is 17.8 Å². The highest BCUT2D eigenvalue weighted by molar-refractivity contribution is 6.30. The van der Waals surface area contributed by atoms with Crippen LogP contribution in [0.2, 0.25) is 5.02 Å². The van der Waals surface area contributed by atoms with Gasteiger partial charge in [-0.1, -0.05) is 41.9 Å². The van der Waals surface area contributed by atoms with E-state index >= 15 is 0 Å². The first-order chi connectivity index (χ1) is 15.6. The second-order valence-corrected chi connectivity index (χ2v) is 8.35. The molecule has 0 radical (unpaired) electrons. The Bertz CT molecular complexity index is 1350. The molecule has 0 bridgehead atoms. The summed E-state index contributed by atoms with van der Waals surface area (Å²) >= 11 is 6.06. The number of carbonyl (C=O) groups is 1. The van der Waals surface area contributed by atoms with Gasteiger partial charge >= 0.3 is 0 Å². The summed E-state index contributed by atoms with van der Waals surface area (Å²) in [4.78, 5) is 32.0. The first kappa shape index (κ1) is 20.5. The van der Waals surface area contributed by atoms with Crippen LogP contribution < -0.4 is 5.56 Å². The number of nitrogens with zero attached hydrogens (tertiary/aromatic N) is 4. The number of oxazole rings is 1. The van der Waals surface area contributed by atoms with E-state index in [1.54, 1.807) is 29.4 Å². The summed E-state index contributed by atoms with van der Waals surface area (Å²) in [6, 6.07) is 14.6. The molecule has 1 amide bonds. The number of hydrogen-bond acceptors (Lipinski definition) is 5. The summed E-state index contributed by atoms with van der Waals surface area (Å²) in [5.74, 6) is 1.06. The van der Waals surface area contributed by atoms with Crippen LogP contribution in [-0.2, 0) is 17.8 Å². The van der Waals surface area contributed by atoms with Crippen LogP contribution in [0.5, 0.6) is 0 Å². The summed E-state index contributed by atoms with van der Waals surface area (Å²) in [5.41, 5.74) is 0.758. The number of likely N-dealkylation sites (tertiary alicyclic amines) is 1. The second-order valence-electron chi connectivity index (χ2n) is 7.91. The fourth-order valence-electron chi connectivity index (χ4n) is 4.19. The third-order valence-electron chi connectivity index (χ3n) is 5.74. The topological polar surface area (TPSA) is 81.2 Å². The first-order valence-electron chi connectivity index (χ1n) is 10.5. The highest BCUT2D eigenvalue weighted by atomic mass is 35.5. The van der Waals surface area contributed by atoms with Crippen molar-refractivity contribution in [2.24, 2.45) is 0 Å². The van der Waals surface area contributed by atoms with Crippen molar-refractivity contribution in [1.29, 1.82) is 0 Å². The highest BCUT2D eigenvalue weighted by Crippen LogP contribution is 2.32. The third kappa shape index (κ3) is 4.03. The Morgan fingerprint density at radius 3 is 2.91 bits per heavy atom. The number of benzene rings is 2. The van der Waals surface area contributed by atoms with E-state index in [0.29, 0.717) is 35.0 Å². The molecule has 7 nitrogen and oxygen atoms in total. The molecule has 0 saturated carbocycles. The van der Waals surface area contributed by atoms with Gasteiger partial charge in [0.1, 0.15) is 18.3 Å². The average molecular weight is 449 g/mol. The molecule has 1 saturated heterocycles. The molecule has 0 spiro atoms. The van der Waals surface area contributed by atoms with E-state index in [0.717, 1.165) is 23.8 Å². The summed E-state index contributed by atoms with van der Waals surface area (Å²) in [5, 5.41) is 6.16. The minimum Gasteiger partial charge on any atom is -0.443 e. The van der Waals surface area contributed by atoms with Crippen LogP contribution in [0.4, 0.5) is 0 Å². The fourth-order valence-corrected chi connectivity index (χ4v) is 4.40. The van der Waals surface area contributed by atoms with Crippen LogP contribution in [0.3, 0.4) is 0 Å². The third-order valence-corrected chi connectivity index (χ3v) is 5.98. The van der Waals surface area contributed by atoms with Crippen molar-refractivity contribution >= 4 is 28.3 Å². The minimum atomic E-state index is -0.271. The van der Waals surface area contributed by atoms with Crippen LogP contribution in [0, 0.1) is 0 Å². The predicted molar refractivity (Wildman–Crippen MR) is 120 cm³/mol. The van der Waals surface area contributed by atoms with Crippen LogP contribution >= 0.6 is 11.6 Å². The molecule has 1 aliphatic rings. The van der Waals surface area contributed by atoms with E-state index in [4.69, 9.17) is 16.0 Å². The van der Waals surface area contributed by atoms with Crippen LogP contribution in [0.1, 0.15) is 36.1 Å². The molecular weight excluding hydrogens is 428 g/mol. The number of fused-ring (bicyclic) bond motifs is 1. The maximum absolute atomic E-state index is 13.1. The number of hydrogen-bond donors (Lipinski definition) is 0. The molecule has 162 valence electrons. The van der Waals surface area contributed by atoms with Crippen molar-refractivity contribution in [2.45, 2.75) is 31.8 Å². The van der Waals surface area contributed by atoms with E-state index in [1.807, 2.05) is 36.4 Å². The number of halogens is 1. The Balaban J connectivity index is 1.33. The lowest BCUT2D eigenvalue weighted by molar-refractivity contribution is -0.133. The number of aromatic nitrogens is 3. The maximum atomic E-state index is 13.1. The predicted octanol–water partition coefficient (Wildman–Crippen LogP) is 3.99. The molecular formula is C24H21ClN4O3. The van der Waals surface area contributed by atoms with Crippen LogP contribution in [0.15, 0.2) is 70.1 Å². The molecule has 5 rings (SSSR count). The van der Waals surface area contributed by atoms with Crippen molar-refractivity contribution in [2.75, 3.05) is 6.54 Å². The van der Waals surface area contributed by atoms with Gasteiger partial charge in [-0.15, -0.1) is 0 Å². The molecule has 32 heavy (non-hydrogen) atoms. The quantitative estimate of drug-likeness (QED) is 0.461. The van der Waals surface area contributed by atoms with Crippen molar-refractivity contribution in [3.63, 3.8) is 0 Å². The standard InChI is InChI=1S/C24H21ClN4O3/c25-18-7-3-5-16(11-18)12-19-14-26-23(32-19)21-9-4-10-28(21)22(30)15-29-24(31)20-8-2-1-6-17(20)13-27-29/h1-3,5-8,11,13-14,21H,4,9-10,12,15H2/t21-/m0/s1. The van der Waals surface area contributed by atoms with Crippen molar-refractivity contribution in [1.82, 2.24) is 19.7 Å². The van der Waals surface area contributed by atoms with Gasteiger partial charge in [0, 0.05) is 23.4 Å². The lowest BCUT2D eigenvalue weighted by atomic mass is 10.1. The molecule has 2 aromatic carbocycles. The monoisotopic (exact) mass is 448 g/mol. The van der Waals surface area contributed by atoms with Gasteiger partial charge in [-0.25, -0.2) is 9.67 Å². The Kier molecular flexibility index (Phi) is 5.49. The van der Waals surface area contributed by atoms with Gasteiger partial charge in [-0.2, -0.15) is 5.10 Å². The smallest absolute Gasteiger partial charge is 0.275 e. The molecule has 2 aromatic heterocycles. The maximum Gasteiger partial charge on any atom is 0.275 e. The zero-order valence-electron chi connectivity index (χ0n) is 17.3.